The van der Waals surface area contributed by atoms with Crippen molar-refractivity contribution < 1.29 is 4.74 Å². The van der Waals surface area contributed by atoms with Crippen molar-refractivity contribution in [3.63, 3.8) is 0 Å². The summed E-state index contributed by atoms with van der Waals surface area (Å²) < 4.78 is 5.64. The third-order valence-corrected chi connectivity index (χ3v) is 4.84. The molecule has 3 heterocycles. The number of nitrogens with two attached hydrogens (primary N) is 1. The second kappa shape index (κ2) is 7.20. The molecule has 0 saturated heterocycles. The Labute approximate surface area is 163 Å². The van der Waals surface area contributed by atoms with Crippen molar-refractivity contribution in [2.75, 3.05) is 0 Å². The molecule has 1 aliphatic heterocycles. The minimum absolute atomic E-state index is 0.0779. The van der Waals surface area contributed by atoms with Gasteiger partial charge in [-0.05, 0) is 29.5 Å². The van der Waals surface area contributed by atoms with Crippen LogP contribution >= 0.6 is 0 Å². The molecule has 3 aromatic rings. The molecule has 140 valence electrons. The quantitative estimate of drug-likeness (QED) is 0.725. The van der Waals surface area contributed by atoms with E-state index in [-0.39, 0.29) is 11.8 Å². The second-order valence-corrected chi connectivity index (χ2v) is 7.32. The zero-order valence-corrected chi connectivity index (χ0v) is 15.8. The summed E-state index contributed by atoms with van der Waals surface area (Å²) in [4.78, 5) is 4.21. The number of nitrogens with zero attached hydrogens (tertiary/aromatic N) is 3. The molecule has 1 atom stereocenters. The first kappa shape index (κ1) is 17.8. The number of hydrogen-bond donors (Lipinski definition) is 2. The summed E-state index contributed by atoms with van der Waals surface area (Å²) in [6, 6.07) is 14.4. The number of nitriles is 1. The number of ether oxygens (including phenoxy) is 1. The number of pyridine rings is 1. The predicted octanol–water partition coefficient (Wildman–Crippen LogP) is 3.89. The minimum Gasteiger partial charge on any atom is -0.420 e. The van der Waals surface area contributed by atoms with E-state index in [0.717, 1.165) is 28.8 Å². The molecule has 0 amide bonds. The molecule has 6 nitrogen and oxygen atoms in total. The van der Waals surface area contributed by atoms with E-state index in [2.05, 4.69) is 59.4 Å². The molecular formula is C22H21N5O. The fourth-order valence-electron chi connectivity index (χ4n) is 3.62. The van der Waals surface area contributed by atoms with Gasteiger partial charge < -0.3 is 10.5 Å². The van der Waals surface area contributed by atoms with Crippen LogP contribution in [0, 0.1) is 17.2 Å². The van der Waals surface area contributed by atoms with E-state index >= 15 is 0 Å². The van der Waals surface area contributed by atoms with Crippen molar-refractivity contribution >= 4 is 0 Å². The Morgan fingerprint density at radius 3 is 2.68 bits per heavy atom. The minimum atomic E-state index is -0.383. The number of aromatic nitrogens is 3. The Balaban J connectivity index is 1.82. The molecule has 4 rings (SSSR count). The lowest BCUT2D eigenvalue weighted by Gasteiger charge is -2.23. The molecule has 0 aliphatic carbocycles. The van der Waals surface area contributed by atoms with E-state index in [1.54, 1.807) is 12.4 Å². The van der Waals surface area contributed by atoms with Crippen molar-refractivity contribution in [3.8, 4) is 23.2 Å². The largest absolute Gasteiger partial charge is 0.420 e. The van der Waals surface area contributed by atoms with Crippen LogP contribution in [-0.4, -0.2) is 15.2 Å². The lowest BCUT2D eigenvalue weighted by molar-refractivity contribution is 0.379. The van der Waals surface area contributed by atoms with Gasteiger partial charge in [-0.25, -0.2) is 0 Å². The van der Waals surface area contributed by atoms with Crippen molar-refractivity contribution in [2.24, 2.45) is 11.7 Å². The summed E-state index contributed by atoms with van der Waals surface area (Å²) in [6.45, 7) is 4.41. The Hall–Kier alpha value is -3.59. The lowest BCUT2D eigenvalue weighted by Crippen LogP contribution is -2.21. The summed E-state index contributed by atoms with van der Waals surface area (Å²) >= 11 is 0. The lowest BCUT2D eigenvalue weighted by atomic mass is 9.83. The molecule has 28 heavy (non-hydrogen) atoms. The number of nitrogens with one attached hydrogen (secondary N) is 1. The van der Waals surface area contributed by atoms with Crippen LogP contribution in [0.3, 0.4) is 0 Å². The van der Waals surface area contributed by atoms with Gasteiger partial charge in [0.15, 0.2) is 0 Å². The summed E-state index contributed by atoms with van der Waals surface area (Å²) in [5.41, 5.74) is 11.1. The van der Waals surface area contributed by atoms with Gasteiger partial charge >= 0.3 is 0 Å². The first-order valence-corrected chi connectivity index (χ1v) is 9.23. The van der Waals surface area contributed by atoms with Crippen LogP contribution < -0.4 is 10.5 Å². The van der Waals surface area contributed by atoms with Gasteiger partial charge in [-0.1, -0.05) is 44.2 Å². The van der Waals surface area contributed by atoms with Crippen molar-refractivity contribution in [3.05, 3.63) is 76.9 Å². The third-order valence-electron chi connectivity index (χ3n) is 4.84. The van der Waals surface area contributed by atoms with Gasteiger partial charge in [0.2, 0.25) is 11.8 Å². The standard InChI is InChI=1S/C22H21N5O/c1-13(2)10-14-5-7-15(8-6-14)20-19-18(16-4-3-9-25-12-16)17(11-23)21(24)28-22(19)27-26-20/h3-9,12-13,18H,10,24H2,1-2H3,(H,26,27)/t18-/m1/s1. The highest BCUT2D eigenvalue weighted by Crippen LogP contribution is 2.45. The van der Waals surface area contributed by atoms with Crippen molar-refractivity contribution in [1.29, 1.82) is 5.26 Å². The fraction of sp³-hybridized carbons (Fsp3) is 0.227. The number of hydrogen-bond acceptors (Lipinski definition) is 5. The maximum absolute atomic E-state index is 9.72. The van der Waals surface area contributed by atoms with Crippen LogP contribution in [0.1, 0.15) is 36.5 Å². The van der Waals surface area contributed by atoms with Gasteiger partial charge in [-0.2, -0.15) is 5.26 Å². The Morgan fingerprint density at radius 1 is 1.25 bits per heavy atom. The molecule has 0 spiro atoms. The molecule has 0 radical (unpaired) electrons. The Kier molecular flexibility index (Phi) is 4.58. The maximum Gasteiger partial charge on any atom is 0.244 e. The summed E-state index contributed by atoms with van der Waals surface area (Å²) in [5.74, 6) is 0.688. The highest BCUT2D eigenvalue weighted by atomic mass is 16.5. The van der Waals surface area contributed by atoms with Crippen LogP contribution in [0.15, 0.2) is 60.2 Å². The second-order valence-electron chi connectivity index (χ2n) is 7.32. The molecule has 3 N–H and O–H groups in total. The van der Waals surface area contributed by atoms with E-state index in [1.807, 2.05) is 12.1 Å². The topological polar surface area (TPSA) is 101 Å². The van der Waals surface area contributed by atoms with Gasteiger partial charge in [0, 0.05) is 18.0 Å². The highest BCUT2D eigenvalue weighted by Gasteiger charge is 2.35. The number of aromatic amines is 1. The predicted molar refractivity (Wildman–Crippen MR) is 106 cm³/mol. The van der Waals surface area contributed by atoms with Crippen LogP contribution in [0.25, 0.3) is 11.3 Å². The average Bonchev–Trinajstić information content (AvgIpc) is 3.11. The first-order valence-electron chi connectivity index (χ1n) is 9.23. The van der Waals surface area contributed by atoms with Gasteiger partial charge in [-0.3, -0.25) is 10.1 Å². The summed E-state index contributed by atoms with van der Waals surface area (Å²) in [6.07, 6.45) is 4.47. The number of allylic oxidation sites excluding steroid dienone is 1. The van der Waals surface area contributed by atoms with Crippen molar-refractivity contribution in [1.82, 2.24) is 15.2 Å². The van der Waals surface area contributed by atoms with Crippen LogP contribution in [-0.2, 0) is 6.42 Å². The van der Waals surface area contributed by atoms with E-state index in [9.17, 15) is 5.26 Å². The molecule has 6 heteroatoms. The molecule has 1 aromatic carbocycles. The maximum atomic E-state index is 9.72. The smallest absolute Gasteiger partial charge is 0.244 e. The average molecular weight is 371 g/mol. The summed E-state index contributed by atoms with van der Waals surface area (Å²) in [7, 11) is 0. The third kappa shape index (κ3) is 3.12. The summed E-state index contributed by atoms with van der Waals surface area (Å²) in [5, 5.41) is 17.1. The molecule has 0 fully saturated rings. The van der Waals surface area contributed by atoms with E-state index in [1.165, 1.54) is 5.56 Å². The van der Waals surface area contributed by atoms with E-state index < -0.39 is 0 Å². The first-order chi connectivity index (χ1) is 13.6. The number of fused-ring (bicyclic) bond motifs is 1. The fourth-order valence-corrected chi connectivity index (χ4v) is 3.62. The van der Waals surface area contributed by atoms with Gasteiger partial charge in [0.1, 0.15) is 11.6 Å². The normalized spacial score (nSPS) is 15.9. The van der Waals surface area contributed by atoms with Gasteiger partial charge in [0.05, 0.1) is 17.2 Å². The van der Waals surface area contributed by atoms with Gasteiger partial charge in [0.25, 0.3) is 0 Å². The molecule has 0 unspecified atom stereocenters. The monoisotopic (exact) mass is 371 g/mol. The van der Waals surface area contributed by atoms with Crippen molar-refractivity contribution in [2.45, 2.75) is 26.2 Å². The zero-order chi connectivity index (χ0) is 19.7. The number of rotatable bonds is 4. The molecule has 0 bridgehead atoms. The Bertz CT molecular complexity index is 1060. The molecule has 1 aliphatic rings. The SMILES string of the molecule is CC(C)Cc1ccc(-c2[nH]nc3c2[C@H](c2cccnc2)C(C#N)=C(N)O3)cc1. The molecular weight excluding hydrogens is 350 g/mol. The number of H-pyrrole nitrogens is 1. The van der Waals surface area contributed by atoms with E-state index in [4.69, 9.17) is 10.5 Å². The van der Waals surface area contributed by atoms with E-state index in [0.29, 0.717) is 17.4 Å². The molecule has 0 saturated carbocycles. The van der Waals surface area contributed by atoms with Crippen LogP contribution in [0.4, 0.5) is 0 Å². The van der Waals surface area contributed by atoms with Crippen LogP contribution in [0.5, 0.6) is 5.88 Å². The molecule has 2 aromatic heterocycles. The number of benzene rings is 1. The van der Waals surface area contributed by atoms with Crippen LogP contribution in [0.2, 0.25) is 0 Å². The zero-order valence-electron chi connectivity index (χ0n) is 15.8. The highest BCUT2D eigenvalue weighted by molar-refractivity contribution is 5.70. The van der Waals surface area contributed by atoms with Gasteiger partial charge in [-0.15, -0.1) is 5.10 Å². The Morgan fingerprint density at radius 2 is 2.04 bits per heavy atom.